The van der Waals surface area contributed by atoms with E-state index in [1.54, 1.807) is 7.11 Å². The van der Waals surface area contributed by atoms with Crippen LogP contribution in [0.1, 0.15) is 38.7 Å². The van der Waals surface area contributed by atoms with E-state index in [2.05, 4.69) is 10.6 Å². The molecule has 11 nitrogen and oxygen atoms in total. The molecule has 3 rings (SSSR count). The van der Waals surface area contributed by atoms with Gasteiger partial charge in [0.15, 0.2) is 0 Å². The van der Waals surface area contributed by atoms with Crippen molar-refractivity contribution in [2.75, 3.05) is 39.6 Å². The quantitative estimate of drug-likeness (QED) is 0.124. The zero-order valence-electron chi connectivity index (χ0n) is 26.9. The minimum Gasteiger partial charge on any atom is -0.497 e. The summed E-state index contributed by atoms with van der Waals surface area (Å²) in [6.07, 6.45) is 0.982. The summed E-state index contributed by atoms with van der Waals surface area (Å²) in [6.45, 7) is 4.04. The van der Waals surface area contributed by atoms with E-state index in [4.69, 9.17) is 15.2 Å². The minimum absolute atomic E-state index is 0.0333. The number of hydrogen-bond acceptors (Lipinski definition) is 8. The van der Waals surface area contributed by atoms with Crippen LogP contribution in [-0.2, 0) is 26.0 Å². The van der Waals surface area contributed by atoms with Crippen molar-refractivity contribution < 1.29 is 32.6 Å². The van der Waals surface area contributed by atoms with Gasteiger partial charge in [-0.25, -0.2) is 13.2 Å². The fourth-order valence-electron chi connectivity index (χ4n) is 5.13. The van der Waals surface area contributed by atoms with E-state index in [9.17, 15) is 23.1 Å². The number of nitrogens with two attached hydrogens (primary N) is 1. The first-order chi connectivity index (χ1) is 22.0. The van der Waals surface area contributed by atoms with Crippen LogP contribution in [-0.4, -0.2) is 75.8 Å². The van der Waals surface area contributed by atoms with Crippen LogP contribution < -0.4 is 21.1 Å². The van der Waals surface area contributed by atoms with Gasteiger partial charge in [-0.2, -0.15) is 4.31 Å². The van der Waals surface area contributed by atoms with Gasteiger partial charge < -0.3 is 30.9 Å². The second kappa shape index (κ2) is 17.5. The Hall–Kier alpha value is -4.13. The van der Waals surface area contributed by atoms with E-state index in [0.717, 1.165) is 22.4 Å². The molecule has 46 heavy (non-hydrogen) atoms. The van der Waals surface area contributed by atoms with Crippen LogP contribution in [0, 0.1) is 5.92 Å². The fraction of sp³-hybridized carbons (Fsp3) is 0.412. The molecule has 0 saturated heterocycles. The zero-order chi connectivity index (χ0) is 33.7. The van der Waals surface area contributed by atoms with E-state index in [1.165, 1.54) is 35.7 Å². The van der Waals surface area contributed by atoms with E-state index in [1.807, 2.05) is 62.4 Å². The molecule has 3 aromatic carbocycles. The van der Waals surface area contributed by atoms with Gasteiger partial charge in [-0.15, -0.1) is 0 Å². The van der Waals surface area contributed by atoms with Crippen LogP contribution >= 0.6 is 0 Å². The first-order valence-electron chi connectivity index (χ1n) is 15.3. The first kappa shape index (κ1) is 36.3. The summed E-state index contributed by atoms with van der Waals surface area (Å²) in [5.74, 6) is 0.388. The molecule has 0 aromatic heterocycles. The number of carbonyl (C=O) groups excluding carboxylic acids is 2. The molecule has 0 bridgehead atoms. The second-order valence-corrected chi connectivity index (χ2v) is 13.3. The Morgan fingerprint density at radius 1 is 0.957 bits per heavy atom. The molecule has 0 saturated carbocycles. The predicted molar refractivity (Wildman–Crippen MR) is 179 cm³/mol. The highest BCUT2D eigenvalue weighted by molar-refractivity contribution is 7.89. The molecule has 12 heteroatoms. The maximum Gasteiger partial charge on any atom is 0.407 e. The third-order valence-electron chi connectivity index (χ3n) is 7.55. The molecule has 2 atom stereocenters. The second-order valence-electron chi connectivity index (χ2n) is 11.4. The molecule has 5 N–H and O–H groups in total. The summed E-state index contributed by atoms with van der Waals surface area (Å²) in [5.41, 5.74) is 8.93. The van der Waals surface area contributed by atoms with Crippen molar-refractivity contribution >= 4 is 27.7 Å². The highest BCUT2D eigenvalue weighted by atomic mass is 32.2. The first-order valence-corrected chi connectivity index (χ1v) is 16.8. The van der Waals surface area contributed by atoms with E-state index < -0.39 is 28.2 Å². The van der Waals surface area contributed by atoms with E-state index in [-0.39, 0.29) is 36.3 Å². The Labute approximate surface area is 272 Å². The van der Waals surface area contributed by atoms with Gasteiger partial charge in [0.2, 0.25) is 15.9 Å². The molecular formula is C34H46N4O7S. The molecule has 250 valence electrons. The summed E-state index contributed by atoms with van der Waals surface area (Å²) >= 11 is 0. The lowest BCUT2D eigenvalue weighted by molar-refractivity contribution is -0.123. The number of unbranched alkanes of at least 4 members (excludes halogenated alkanes) is 1. The Kier molecular flexibility index (Phi) is 13.9. The van der Waals surface area contributed by atoms with Crippen LogP contribution in [0.4, 0.5) is 10.5 Å². The normalized spacial score (nSPS) is 12.8. The summed E-state index contributed by atoms with van der Waals surface area (Å²) in [7, 11) is -1.03. The van der Waals surface area contributed by atoms with E-state index in [0.29, 0.717) is 31.5 Å². The highest BCUT2D eigenvalue weighted by Crippen LogP contribution is 2.27. The van der Waals surface area contributed by atoms with Crippen molar-refractivity contribution in [3.8, 4) is 16.9 Å². The Morgan fingerprint density at radius 2 is 1.63 bits per heavy atom. The fourth-order valence-corrected chi connectivity index (χ4v) is 6.94. The molecule has 0 heterocycles. The molecule has 3 aromatic rings. The standard InChI is InChI=1S/C34H46N4O7S/c1-24(2)22-38(46(42,43)30-18-14-27(35)15-19-30)28(23-39)10-7-8-20-36-33(40)32(37-34(41)45-4)21-26-9-5-6-11-31(26)25-12-16-29(44-3)17-13-25/h5-6,9,11-19,24,28,32,39H,7-8,10,20-23,35H2,1-4H3,(H,36,40)(H,37,41)/t28?,32-/m0/s1. The SMILES string of the molecule is COC(=O)N[C@@H](Cc1ccccc1-c1ccc(OC)cc1)C(=O)NCCCCC(CO)N(CC(C)C)S(=O)(=O)c1ccc(N)cc1. The van der Waals surface area contributed by atoms with Crippen LogP contribution in [0.25, 0.3) is 11.1 Å². The Balaban J connectivity index is 1.65. The number of amides is 2. The third-order valence-corrected chi connectivity index (χ3v) is 9.48. The number of alkyl carbamates (subject to hydrolysis) is 1. The summed E-state index contributed by atoms with van der Waals surface area (Å²) in [4.78, 5) is 25.6. The summed E-state index contributed by atoms with van der Waals surface area (Å²) in [5, 5.41) is 15.7. The lowest BCUT2D eigenvalue weighted by Crippen LogP contribution is -2.48. The number of aliphatic hydroxyl groups is 1. The molecule has 1 unspecified atom stereocenters. The molecule has 0 radical (unpaired) electrons. The number of carbonyl (C=O) groups is 2. The monoisotopic (exact) mass is 654 g/mol. The van der Waals surface area contributed by atoms with Crippen LogP contribution in [0.3, 0.4) is 0 Å². The Morgan fingerprint density at radius 3 is 2.24 bits per heavy atom. The number of ether oxygens (including phenoxy) is 2. The van der Waals surface area contributed by atoms with Crippen LogP contribution in [0.15, 0.2) is 77.7 Å². The highest BCUT2D eigenvalue weighted by Gasteiger charge is 2.31. The number of nitrogen functional groups attached to an aromatic ring is 1. The zero-order valence-corrected chi connectivity index (χ0v) is 27.8. The summed E-state index contributed by atoms with van der Waals surface area (Å²) in [6, 6.07) is 19.7. The van der Waals surface area contributed by atoms with E-state index >= 15 is 0 Å². The predicted octanol–water partition coefficient (Wildman–Crippen LogP) is 4.21. The van der Waals surface area contributed by atoms with Gasteiger partial charge in [0.25, 0.3) is 0 Å². The number of nitrogens with one attached hydrogen (secondary N) is 2. The van der Waals surface area contributed by atoms with Gasteiger partial charge in [0.1, 0.15) is 11.8 Å². The number of hydrogen-bond donors (Lipinski definition) is 4. The number of rotatable bonds is 17. The minimum atomic E-state index is -3.87. The van der Waals surface area contributed by atoms with Crippen LogP contribution in [0.2, 0.25) is 0 Å². The largest absolute Gasteiger partial charge is 0.497 e. The molecular weight excluding hydrogens is 608 g/mol. The van der Waals surface area contributed by atoms with Gasteiger partial charge in [-0.1, -0.05) is 56.7 Å². The van der Waals surface area contributed by atoms with Crippen LogP contribution in [0.5, 0.6) is 5.75 Å². The number of aliphatic hydroxyl groups excluding tert-OH is 1. The molecule has 0 aliphatic heterocycles. The number of nitrogens with zero attached hydrogens (tertiary/aromatic N) is 1. The lowest BCUT2D eigenvalue weighted by Gasteiger charge is -2.31. The molecule has 0 fully saturated rings. The molecule has 2 amide bonds. The van der Waals surface area contributed by atoms with Crippen molar-refractivity contribution in [1.29, 1.82) is 0 Å². The maximum atomic E-state index is 13.5. The molecule has 0 aliphatic carbocycles. The van der Waals surface area contributed by atoms with Gasteiger partial charge in [-0.3, -0.25) is 4.79 Å². The van der Waals surface area contributed by atoms with Gasteiger partial charge in [0.05, 0.1) is 25.7 Å². The topological polar surface area (TPSA) is 160 Å². The lowest BCUT2D eigenvalue weighted by atomic mass is 9.94. The average Bonchev–Trinajstić information content (AvgIpc) is 3.05. The van der Waals surface area contributed by atoms with Crippen molar-refractivity contribution in [1.82, 2.24) is 14.9 Å². The maximum absolute atomic E-state index is 13.5. The van der Waals surface area contributed by atoms with Gasteiger partial charge in [-0.05, 0) is 71.8 Å². The Bertz CT molecular complexity index is 1510. The third kappa shape index (κ3) is 10.2. The number of anilines is 1. The van der Waals surface area contributed by atoms with Crippen molar-refractivity contribution in [3.05, 3.63) is 78.4 Å². The van der Waals surface area contributed by atoms with Crippen molar-refractivity contribution in [3.63, 3.8) is 0 Å². The molecule has 0 spiro atoms. The number of methoxy groups -OCH3 is 2. The number of sulfonamides is 1. The van der Waals surface area contributed by atoms with Crippen molar-refractivity contribution in [2.24, 2.45) is 5.92 Å². The smallest absolute Gasteiger partial charge is 0.407 e. The van der Waals surface area contributed by atoms with Gasteiger partial charge in [0, 0.05) is 31.2 Å². The van der Waals surface area contributed by atoms with Gasteiger partial charge >= 0.3 is 6.09 Å². The number of benzene rings is 3. The molecule has 0 aliphatic rings. The summed E-state index contributed by atoms with van der Waals surface area (Å²) < 4.78 is 38.4. The average molecular weight is 655 g/mol. The van der Waals surface area contributed by atoms with Crippen molar-refractivity contribution in [2.45, 2.75) is 56.5 Å².